The lowest BCUT2D eigenvalue weighted by Crippen LogP contribution is -2.40. The Morgan fingerprint density at radius 1 is 1.53 bits per heavy atom. The van der Waals surface area contributed by atoms with Crippen molar-refractivity contribution in [3.8, 4) is 0 Å². The molecule has 15 heavy (non-hydrogen) atoms. The highest BCUT2D eigenvalue weighted by molar-refractivity contribution is 6.01. The number of nitrogens with one attached hydrogen (secondary N) is 1. The minimum absolute atomic E-state index is 0.0662. The molecule has 2 rings (SSSR count). The average Bonchev–Trinajstić information content (AvgIpc) is 2.20. The number of rotatable bonds is 2. The van der Waals surface area contributed by atoms with E-state index in [-0.39, 0.29) is 24.7 Å². The molecule has 80 valence electrons. The van der Waals surface area contributed by atoms with E-state index in [1.54, 1.807) is 17.0 Å². The molecular weight excluding hydrogens is 199 g/mol. The topological polar surface area (TPSA) is 52.6 Å². The van der Waals surface area contributed by atoms with Crippen LogP contribution in [0, 0.1) is 5.82 Å². The SMILES string of the molecule is O=C1CN(CCO)c2cccc(F)c2N1. The van der Waals surface area contributed by atoms with Gasteiger partial charge in [0.15, 0.2) is 0 Å². The van der Waals surface area contributed by atoms with Gasteiger partial charge in [-0.3, -0.25) is 4.79 Å². The van der Waals surface area contributed by atoms with Crippen LogP contribution in [-0.2, 0) is 4.79 Å². The van der Waals surface area contributed by atoms with Crippen molar-refractivity contribution >= 4 is 17.3 Å². The summed E-state index contributed by atoms with van der Waals surface area (Å²) in [6.45, 7) is 0.407. The predicted molar refractivity (Wildman–Crippen MR) is 54.3 cm³/mol. The molecule has 0 aromatic heterocycles. The Hall–Kier alpha value is -1.62. The van der Waals surface area contributed by atoms with Crippen LogP contribution < -0.4 is 10.2 Å². The number of para-hydroxylation sites is 1. The largest absolute Gasteiger partial charge is 0.395 e. The van der Waals surface area contributed by atoms with E-state index >= 15 is 0 Å². The first-order valence-corrected chi connectivity index (χ1v) is 4.66. The summed E-state index contributed by atoms with van der Waals surface area (Å²) in [6.07, 6.45) is 0. The summed E-state index contributed by atoms with van der Waals surface area (Å²) >= 11 is 0. The number of nitrogens with zero attached hydrogens (tertiary/aromatic N) is 1. The highest BCUT2D eigenvalue weighted by atomic mass is 19.1. The Morgan fingerprint density at radius 3 is 3.07 bits per heavy atom. The fourth-order valence-electron chi connectivity index (χ4n) is 1.66. The minimum atomic E-state index is -0.455. The Balaban J connectivity index is 2.41. The van der Waals surface area contributed by atoms with Crippen LogP contribution in [0.15, 0.2) is 18.2 Å². The molecule has 1 heterocycles. The van der Waals surface area contributed by atoms with E-state index in [0.29, 0.717) is 12.2 Å². The van der Waals surface area contributed by atoms with Gasteiger partial charge in [0.05, 0.1) is 18.8 Å². The summed E-state index contributed by atoms with van der Waals surface area (Å²) in [5.74, 6) is -0.718. The number of aliphatic hydroxyl groups excluding tert-OH is 1. The third kappa shape index (κ3) is 1.78. The Labute approximate surface area is 86.3 Å². The summed E-state index contributed by atoms with van der Waals surface area (Å²) < 4.78 is 13.4. The van der Waals surface area contributed by atoms with Crippen molar-refractivity contribution in [2.45, 2.75) is 0 Å². The normalized spacial score (nSPS) is 14.8. The summed E-state index contributed by atoms with van der Waals surface area (Å²) in [7, 11) is 0. The van der Waals surface area contributed by atoms with Crippen molar-refractivity contribution in [1.82, 2.24) is 0 Å². The molecule has 0 fully saturated rings. The molecule has 0 saturated heterocycles. The van der Waals surface area contributed by atoms with E-state index in [1.165, 1.54) is 6.07 Å². The molecule has 0 unspecified atom stereocenters. The molecular formula is C10H11FN2O2. The lowest BCUT2D eigenvalue weighted by Gasteiger charge is -2.30. The second-order valence-corrected chi connectivity index (χ2v) is 3.33. The van der Waals surface area contributed by atoms with Crippen molar-refractivity contribution in [2.75, 3.05) is 29.9 Å². The highest BCUT2D eigenvalue weighted by Crippen LogP contribution is 2.31. The fourth-order valence-corrected chi connectivity index (χ4v) is 1.66. The number of hydrogen-bond acceptors (Lipinski definition) is 3. The summed E-state index contributed by atoms with van der Waals surface area (Å²) in [4.78, 5) is 12.9. The molecule has 0 spiro atoms. The maximum Gasteiger partial charge on any atom is 0.244 e. The first kappa shape index (κ1) is 9.92. The van der Waals surface area contributed by atoms with Gasteiger partial charge in [-0.1, -0.05) is 6.07 Å². The molecule has 4 nitrogen and oxygen atoms in total. The number of amides is 1. The fraction of sp³-hybridized carbons (Fsp3) is 0.300. The van der Waals surface area contributed by atoms with Crippen LogP contribution in [0.1, 0.15) is 0 Å². The Kier molecular flexibility index (Phi) is 2.55. The van der Waals surface area contributed by atoms with Crippen molar-refractivity contribution in [3.05, 3.63) is 24.0 Å². The number of benzene rings is 1. The number of fused-ring (bicyclic) bond motifs is 1. The average molecular weight is 210 g/mol. The van der Waals surface area contributed by atoms with Gasteiger partial charge in [-0.05, 0) is 12.1 Å². The number of carbonyl (C=O) groups excluding carboxylic acids is 1. The van der Waals surface area contributed by atoms with Crippen LogP contribution in [0.4, 0.5) is 15.8 Å². The summed E-state index contributed by atoms with van der Waals surface area (Å²) in [6, 6.07) is 4.59. The Bertz CT molecular complexity index is 395. The highest BCUT2D eigenvalue weighted by Gasteiger charge is 2.23. The van der Waals surface area contributed by atoms with Gasteiger partial charge >= 0.3 is 0 Å². The smallest absolute Gasteiger partial charge is 0.244 e. The molecule has 0 saturated carbocycles. The molecule has 1 aromatic rings. The van der Waals surface area contributed by atoms with Crippen molar-refractivity contribution in [2.24, 2.45) is 0 Å². The van der Waals surface area contributed by atoms with Crippen molar-refractivity contribution in [1.29, 1.82) is 0 Å². The third-order valence-electron chi connectivity index (χ3n) is 2.30. The van der Waals surface area contributed by atoms with Gasteiger partial charge < -0.3 is 15.3 Å². The molecule has 0 radical (unpaired) electrons. The van der Waals surface area contributed by atoms with E-state index in [0.717, 1.165) is 0 Å². The summed E-state index contributed by atoms with van der Waals surface area (Å²) in [5.41, 5.74) is 0.811. The second-order valence-electron chi connectivity index (χ2n) is 3.33. The van der Waals surface area contributed by atoms with Crippen LogP contribution in [0.25, 0.3) is 0 Å². The van der Waals surface area contributed by atoms with Gasteiger partial charge in [-0.15, -0.1) is 0 Å². The molecule has 0 bridgehead atoms. The maximum atomic E-state index is 13.4. The first-order valence-electron chi connectivity index (χ1n) is 4.66. The molecule has 0 atom stereocenters. The third-order valence-corrected chi connectivity index (χ3v) is 2.30. The zero-order valence-electron chi connectivity index (χ0n) is 8.03. The number of aliphatic hydroxyl groups is 1. The number of anilines is 2. The number of carbonyl (C=O) groups is 1. The standard InChI is InChI=1S/C10H11FN2O2/c11-7-2-1-3-8-10(7)12-9(15)6-13(8)4-5-14/h1-3,14H,4-6H2,(H,12,15). The van der Waals surface area contributed by atoms with E-state index in [1.807, 2.05) is 0 Å². The molecule has 1 amide bonds. The van der Waals surface area contributed by atoms with Gasteiger partial charge in [0.1, 0.15) is 11.5 Å². The molecule has 5 heteroatoms. The van der Waals surface area contributed by atoms with Crippen molar-refractivity contribution < 1.29 is 14.3 Å². The van der Waals surface area contributed by atoms with E-state index in [4.69, 9.17) is 5.11 Å². The molecule has 1 aliphatic heterocycles. The molecule has 1 aromatic carbocycles. The van der Waals surface area contributed by atoms with E-state index in [2.05, 4.69) is 5.32 Å². The van der Waals surface area contributed by atoms with Crippen molar-refractivity contribution in [3.63, 3.8) is 0 Å². The van der Waals surface area contributed by atoms with Gasteiger partial charge in [-0.25, -0.2) is 4.39 Å². The van der Waals surface area contributed by atoms with Gasteiger partial charge in [0.2, 0.25) is 5.91 Å². The van der Waals surface area contributed by atoms with Gasteiger partial charge in [-0.2, -0.15) is 0 Å². The van der Waals surface area contributed by atoms with Crippen LogP contribution in [0.5, 0.6) is 0 Å². The van der Waals surface area contributed by atoms with Gasteiger partial charge in [0.25, 0.3) is 0 Å². The van der Waals surface area contributed by atoms with E-state index in [9.17, 15) is 9.18 Å². The van der Waals surface area contributed by atoms with Crippen LogP contribution in [-0.4, -0.2) is 30.7 Å². The second kappa shape index (κ2) is 3.86. The monoisotopic (exact) mass is 210 g/mol. The van der Waals surface area contributed by atoms with E-state index < -0.39 is 5.82 Å². The quantitative estimate of drug-likeness (QED) is 0.750. The number of β-amino-alcohol motifs (C(OH)–C–C–N with tert-alkyl or cyclic N) is 1. The van der Waals surface area contributed by atoms with Crippen LogP contribution in [0.3, 0.4) is 0 Å². The van der Waals surface area contributed by atoms with Gasteiger partial charge in [0, 0.05) is 6.54 Å². The zero-order chi connectivity index (χ0) is 10.8. The zero-order valence-corrected chi connectivity index (χ0v) is 8.03. The maximum absolute atomic E-state index is 13.4. The van der Waals surface area contributed by atoms with Crippen LogP contribution in [0.2, 0.25) is 0 Å². The predicted octanol–water partition coefficient (Wildman–Crippen LogP) is 0.576. The lowest BCUT2D eigenvalue weighted by molar-refractivity contribution is -0.115. The molecule has 0 aliphatic carbocycles. The minimum Gasteiger partial charge on any atom is -0.395 e. The lowest BCUT2D eigenvalue weighted by atomic mass is 10.2. The summed E-state index contributed by atoms with van der Waals surface area (Å²) in [5, 5.41) is 11.3. The molecule has 1 aliphatic rings. The number of halogens is 1. The Morgan fingerprint density at radius 2 is 2.33 bits per heavy atom. The van der Waals surface area contributed by atoms with Crippen LogP contribution >= 0.6 is 0 Å². The number of hydrogen-bond donors (Lipinski definition) is 2. The molecule has 2 N–H and O–H groups in total. The first-order chi connectivity index (χ1) is 7.22.